The topological polar surface area (TPSA) is 17.8 Å². The van der Waals surface area contributed by atoms with Gasteiger partial charge < -0.3 is 0 Å². The summed E-state index contributed by atoms with van der Waals surface area (Å²) < 4.78 is 89.1. The summed E-state index contributed by atoms with van der Waals surface area (Å²) in [6.07, 6.45) is -6.44. The Labute approximate surface area is 111 Å². The number of halogens is 8. The van der Waals surface area contributed by atoms with Gasteiger partial charge in [0.2, 0.25) is 5.82 Å². The van der Waals surface area contributed by atoms with Crippen LogP contribution in [0.2, 0.25) is 0 Å². The van der Waals surface area contributed by atoms with Crippen molar-refractivity contribution < 1.29 is 30.7 Å². The van der Waals surface area contributed by atoms with Crippen LogP contribution in [0.4, 0.5) is 30.7 Å². The van der Waals surface area contributed by atoms with Gasteiger partial charge in [-0.3, -0.25) is 0 Å². The van der Waals surface area contributed by atoms with Gasteiger partial charge in [-0.15, -0.1) is 0 Å². The molecule has 2 aromatic rings. The molecule has 1 aromatic heterocycles. The molecule has 0 bridgehead atoms. The van der Waals surface area contributed by atoms with Gasteiger partial charge in [0, 0.05) is 11.8 Å². The SMILES string of the molecule is FC(F)(F)C(F)(F)C(F)(F)c1nc2ccccc2n1Cl. The first-order valence-corrected chi connectivity index (χ1v) is 5.30. The summed E-state index contributed by atoms with van der Waals surface area (Å²) in [6, 6.07) is 4.99. The second kappa shape index (κ2) is 4.24. The van der Waals surface area contributed by atoms with Crippen molar-refractivity contribution in [2.75, 3.05) is 0 Å². The van der Waals surface area contributed by atoms with Gasteiger partial charge in [-0.1, -0.05) is 12.1 Å². The standard InChI is InChI=1S/C10H4ClF7N2/c11-20-6-4-2-1-3-5(6)19-7(20)8(12,13)9(14,15)10(16,17)18/h1-4H. The second-order valence-electron chi connectivity index (χ2n) is 3.85. The molecule has 2 rings (SSSR count). The van der Waals surface area contributed by atoms with Crippen LogP contribution in [0.3, 0.4) is 0 Å². The average molecular weight is 321 g/mol. The number of hydrogen-bond acceptors (Lipinski definition) is 1. The van der Waals surface area contributed by atoms with Crippen LogP contribution in [0.25, 0.3) is 11.0 Å². The molecule has 0 aliphatic rings. The number of nitrogens with zero attached hydrogens (tertiary/aromatic N) is 2. The van der Waals surface area contributed by atoms with Gasteiger partial charge in [-0.25, -0.2) is 9.07 Å². The number of benzene rings is 1. The average Bonchev–Trinajstić information content (AvgIpc) is 2.66. The lowest BCUT2D eigenvalue weighted by Gasteiger charge is -2.27. The maximum absolute atomic E-state index is 13.5. The normalized spacial score (nSPS) is 14.0. The summed E-state index contributed by atoms with van der Waals surface area (Å²) in [4.78, 5) is 3.06. The third-order valence-electron chi connectivity index (χ3n) is 2.54. The predicted octanol–water partition coefficient (Wildman–Crippen LogP) is 4.33. The smallest absolute Gasteiger partial charge is 0.232 e. The van der Waals surface area contributed by atoms with Crippen molar-refractivity contribution in [1.82, 2.24) is 9.07 Å². The maximum Gasteiger partial charge on any atom is 0.460 e. The molecule has 0 saturated heterocycles. The highest BCUT2D eigenvalue weighted by atomic mass is 35.5. The Morgan fingerprint density at radius 3 is 2.00 bits per heavy atom. The van der Waals surface area contributed by atoms with Crippen molar-refractivity contribution in [3.05, 3.63) is 30.1 Å². The molecule has 0 aliphatic carbocycles. The summed E-state index contributed by atoms with van der Waals surface area (Å²) in [5, 5.41) is 0. The van der Waals surface area contributed by atoms with Crippen molar-refractivity contribution in [3.8, 4) is 0 Å². The van der Waals surface area contributed by atoms with Crippen molar-refractivity contribution in [2.45, 2.75) is 18.0 Å². The van der Waals surface area contributed by atoms with Gasteiger partial charge in [-0.2, -0.15) is 30.7 Å². The fraction of sp³-hybridized carbons (Fsp3) is 0.300. The van der Waals surface area contributed by atoms with Crippen LogP contribution in [-0.4, -0.2) is 21.2 Å². The van der Waals surface area contributed by atoms with Gasteiger partial charge in [-0.05, 0) is 12.1 Å². The first kappa shape index (κ1) is 14.9. The molecule has 2 nitrogen and oxygen atoms in total. The number of imidazole rings is 1. The first-order chi connectivity index (χ1) is 9.00. The Hall–Kier alpha value is -1.51. The van der Waals surface area contributed by atoms with E-state index in [1.165, 1.54) is 12.1 Å². The van der Waals surface area contributed by atoms with E-state index in [1.54, 1.807) is 0 Å². The minimum atomic E-state index is -6.44. The Morgan fingerprint density at radius 1 is 0.950 bits per heavy atom. The molecule has 0 atom stereocenters. The van der Waals surface area contributed by atoms with Gasteiger partial charge >= 0.3 is 18.0 Å². The van der Waals surface area contributed by atoms with E-state index in [9.17, 15) is 30.7 Å². The monoisotopic (exact) mass is 320 g/mol. The summed E-state index contributed by atoms with van der Waals surface area (Å²) in [6.45, 7) is 0. The zero-order valence-corrected chi connectivity index (χ0v) is 9.98. The van der Waals surface area contributed by atoms with Crippen LogP contribution in [-0.2, 0) is 5.92 Å². The fourth-order valence-electron chi connectivity index (χ4n) is 1.51. The van der Waals surface area contributed by atoms with Crippen LogP contribution in [0.15, 0.2) is 24.3 Å². The number of aromatic nitrogens is 2. The van der Waals surface area contributed by atoms with E-state index in [-0.39, 0.29) is 15.1 Å². The lowest BCUT2D eigenvalue weighted by Crippen LogP contribution is -2.50. The summed E-state index contributed by atoms with van der Waals surface area (Å²) in [5.41, 5.74) is -0.433. The van der Waals surface area contributed by atoms with Crippen molar-refractivity contribution >= 4 is 22.8 Å². The number of fused-ring (bicyclic) bond motifs is 1. The molecule has 0 N–H and O–H groups in total. The van der Waals surface area contributed by atoms with Crippen LogP contribution < -0.4 is 0 Å². The van der Waals surface area contributed by atoms with Gasteiger partial charge in [0.25, 0.3) is 0 Å². The van der Waals surface area contributed by atoms with Gasteiger partial charge in [0.15, 0.2) is 0 Å². The molecule has 0 unspecified atom stereocenters. The number of hydrogen-bond donors (Lipinski definition) is 0. The number of para-hydroxylation sites is 2. The van der Waals surface area contributed by atoms with Gasteiger partial charge in [0.1, 0.15) is 0 Å². The van der Waals surface area contributed by atoms with Crippen molar-refractivity contribution in [3.63, 3.8) is 0 Å². The highest BCUT2D eigenvalue weighted by Crippen LogP contribution is 2.51. The van der Waals surface area contributed by atoms with E-state index >= 15 is 0 Å². The zero-order chi connectivity index (χ0) is 15.3. The molecule has 0 spiro atoms. The van der Waals surface area contributed by atoms with Crippen molar-refractivity contribution in [2.24, 2.45) is 0 Å². The first-order valence-electron chi connectivity index (χ1n) is 4.96. The van der Waals surface area contributed by atoms with E-state index in [1.807, 2.05) is 0 Å². The Kier molecular flexibility index (Phi) is 3.16. The Morgan fingerprint density at radius 2 is 1.50 bits per heavy atom. The van der Waals surface area contributed by atoms with E-state index in [0.717, 1.165) is 12.1 Å². The molecule has 10 heteroatoms. The third-order valence-corrected chi connectivity index (χ3v) is 2.88. The predicted molar refractivity (Wildman–Crippen MR) is 55.9 cm³/mol. The largest absolute Gasteiger partial charge is 0.460 e. The highest BCUT2D eigenvalue weighted by Gasteiger charge is 2.75. The molecule has 0 amide bonds. The molecular weight excluding hydrogens is 317 g/mol. The number of alkyl halides is 7. The molecule has 110 valence electrons. The van der Waals surface area contributed by atoms with Gasteiger partial charge in [0.05, 0.1) is 11.0 Å². The molecule has 0 radical (unpaired) electrons. The fourth-order valence-corrected chi connectivity index (χ4v) is 1.80. The van der Waals surface area contributed by atoms with E-state index < -0.39 is 23.8 Å². The highest BCUT2D eigenvalue weighted by molar-refractivity contribution is 6.19. The molecule has 0 fully saturated rings. The quantitative estimate of drug-likeness (QED) is 0.753. The molecule has 0 saturated carbocycles. The summed E-state index contributed by atoms with van der Waals surface area (Å²) in [5.74, 6) is -13.8. The summed E-state index contributed by atoms with van der Waals surface area (Å²) in [7, 11) is 0. The third kappa shape index (κ3) is 1.91. The molecule has 1 heterocycles. The Bertz CT molecular complexity index is 647. The lowest BCUT2D eigenvalue weighted by molar-refractivity contribution is -0.361. The molecule has 1 aromatic carbocycles. The minimum absolute atomic E-state index is 0.00498. The van der Waals surface area contributed by atoms with E-state index in [0.29, 0.717) is 0 Å². The van der Waals surface area contributed by atoms with Crippen LogP contribution in [0.1, 0.15) is 5.82 Å². The zero-order valence-electron chi connectivity index (χ0n) is 9.23. The van der Waals surface area contributed by atoms with E-state index in [2.05, 4.69) is 4.98 Å². The molecular formula is C10H4ClF7N2. The van der Waals surface area contributed by atoms with E-state index in [4.69, 9.17) is 11.8 Å². The van der Waals surface area contributed by atoms with Crippen LogP contribution in [0.5, 0.6) is 0 Å². The lowest BCUT2D eigenvalue weighted by atomic mass is 10.1. The maximum atomic E-state index is 13.5. The Balaban J connectivity index is 2.66. The van der Waals surface area contributed by atoms with Crippen LogP contribution >= 0.6 is 11.8 Å². The summed E-state index contributed by atoms with van der Waals surface area (Å²) >= 11 is 5.37. The minimum Gasteiger partial charge on any atom is -0.232 e. The van der Waals surface area contributed by atoms with Crippen LogP contribution in [0, 0.1) is 0 Å². The number of rotatable bonds is 2. The second-order valence-corrected chi connectivity index (χ2v) is 4.19. The molecule has 0 aliphatic heterocycles. The molecule has 20 heavy (non-hydrogen) atoms. The van der Waals surface area contributed by atoms with Crippen molar-refractivity contribution in [1.29, 1.82) is 0 Å².